The third kappa shape index (κ3) is 5.84. The molecule has 0 bridgehead atoms. The zero-order chi connectivity index (χ0) is 20.6. The van der Waals surface area contributed by atoms with Gasteiger partial charge in [0.1, 0.15) is 11.4 Å². The quantitative estimate of drug-likeness (QED) is 0.689. The Bertz CT molecular complexity index is 786. The van der Waals surface area contributed by atoms with Crippen molar-refractivity contribution >= 4 is 17.3 Å². The fourth-order valence-corrected chi connectivity index (χ4v) is 3.44. The molecule has 3 rings (SSSR count). The van der Waals surface area contributed by atoms with Crippen LogP contribution < -0.4 is 19.9 Å². The van der Waals surface area contributed by atoms with Crippen molar-refractivity contribution in [3.8, 4) is 5.75 Å². The van der Waals surface area contributed by atoms with E-state index >= 15 is 0 Å². The van der Waals surface area contributed by atoms with Crippen LogP contribution in [-0.4, -0.2) is 76.3 Å². The number of carbonyl (C=O) groups excluding carboxylic acids is 1. The number of pyridine rings is 1. The summed E-state index contributed by atoms with van der Waals surface area (Å²) >= 11 is 0. The Kier molecular flexibility index (Phi) is 7.30. The van der Waals surface area contributed by atoms with Gasteiger partial charge in [-0.15, -0.1) is 0 Å². The second-order valence-corrected chi connectivity index (χ2v) is 7.48. The Morgan fingerprint density at radius 2 is 1.72 bits per heavy atom. The lowest BCUT2D eigenvalue weighted by Crippen LogP contribution is -2.46. The van der Waals surface area contributed by atoms with Crippen LogP contribution in [0.1, 0.15) is 16.9 Å². The van der Waals surface area contributed by atoms with Crippen molar-refractivity contribution in [3.63, 3.8) is 0 Å². The predicted octanol–water partition coefficient (Wildman–Crippen LogP) is 2.10. The SMILES string of the molecule is COc1ccc(N2CCN(c3ccnc(C(=O)NCCCN(C)C)c3)CC2)cc1. The van der Waals surface area contributed by atoms with E-state index in [1.807, 2.05) is 38.4 Å². The average molecular weight is 398 g/mol. The predicted molar refractivity (Wildman–Crippen MR) is 117 cm³/mol. The van der Waals surface area contributed by atoms with E-state index in [0.29, 0.717) is 12.2 Å². The highest BCUT2D eigenvalue weighted by Crippen LogP contribution is 2.23. The third-order valence-corrected chi connectivity index (χ3v) is 5.13. The van der Waals surface area contributed by atoms with Gasteiger partial charge in [0.25, 0.3) is 5.91 Å². The first kappa shape index (κ1) is 20.9. The Morgan fingerprint density at radius 3 is 2.34 bits per heavy atom. The molecule has 1 N–H and O–H groups in total. The first-order valence-corrected chi connectivity index (χ1v) is 10.1. The molecule has 29 heavy (non-hydrogen) atoms. The summed E-state index contributed by atoms with van der Waals surface area (Å²) in [6.07, 6.45) is 2.64. The Balaban J connectivity index is 1.54. The first-order valence-electron chi connectivity index (χ1n) is 10.1. The van der Waals surface area contributed by atoms with E-state index < -0.39 is 0 Å². The Labute approximate surface area is 173 Å². The van der Waals surface area contributed by atoms with Gasteiger partial charge in [-0.2, -0.15) is 0 Å². The maximum atomic E-state index is 12.4. The zero-order valence-corrected chi connectivity index (χ0v) is 17.6. The van der Waals surface area contributed by atoms with Crippen LogP contribution in [0.3, 0.4) is 0 Å². The topological polar surface area (TPSA) is 60.9 Å². The van der Waals surface area contributed by atoms with Crippen molar-refractivity contribution in [2.45, 2.75) is 6.42 Å². The van der Waals surface area contributed by atoms with Crippen LogP contribution in [0.5, 0.6) is 5.75 Å². The molecule has 1 aliphatic heterocycles. The molecule has 0 atom stereocenters. The summed E-state index contributed by atoms with van der Waals surface area (Å²) in [7, 11) is 5.74. The van der Waals surface area contributed by atoms with E-state index in [1.165, 1.54) is 5.69 Å². The molecule has 1 aromatic heterocycles. The summed E-state index contributed by atoms with van der Waals surface area (Å²) in [5, 5.41) is 2.96. The minimum Gasteiger partial charge on any atom is -0.497 e. The minimum atomic E-state index is -0.109. The smallest absolute Gasteiger partial charge is 0.269 e. The van der Waals surface area contributed by atoms with Gasteiger partial charge in [0.05, 0.1) is 7.11 Å². The summed E-state index contributed by atoms with van der Waals surface area (Å²) in [5.41, 5.74) is 2.73. The molecule has 2 heterocycles. The monoisotopic (exact) mass is 397 g/mol. The second kappa shape index (κ2) is 10.1. The molecule has 0 saturated carbocycles. The molecule has 0 spiro atoms. The lowest BCUT2D eigenvalue weighted by molar-refractivity contribution is 0.0947. The van der Waals surface area contributed by atoms with Gasteiger partial charge in [-0.3, -0.25) is 9.78 Å². The highest BCUT2D eigenvalue weighted by Gasteiger charge is 2.19. The molecular formula is C22H31N5O2. The van der Waals surface area contributed by atoms with Crippen molar-refractivity contribution in [1.82, 2.24) is 15.2 Å². The van der Waals surface area contributed by atoms with Crippen molar-refractivity contribution in [3.05, 3.63) is 48.3 Å². The second-order valence-electron chi connectivity index (χ2n) is 7.48. The van der Waals surface area contributed by atoms with Crippen LogP contribution in [0, 0.1) is 0 Å². The van der Waals surface area contributed by atoms with Crippen molar-refractivity contribution in [2.24, 2.45) is 0 Å². The molecule has 156 valence electrons. The van der Waals surface area contributed by atoms with Crippen molar-refractivity contribution in [2.75, 3.05) is 70.3 Å². The normalized spacial score (nSPS) is 14.2. The van der Waals surface area contributed by atoms with E-state index in [1.54, 1.807) is 13.3 Å². The van der Waals surface area contributed by atoms with E-state index in [4.69, 9.17) is 4.74 Å². The molecule has 7 nitrogen and oxygen atoms in total. The number of amides is 1. The van der Waals surface area contributed by atoms with Gasteiger partial charge in [-0.05, 0) is 63.5 Å². The van der Waals surface area contributed by atoms with Crippen molar-refractivity contribution in [1.29, 1.82) is 0 Å². The fraction of sp³-hybridized carbons (Fsp3) is 0.455. The third-order valence-electron chi connectivity index (χ3n) is 5.13. The van der Waals surface area contributed by atoms with Crippen LogP contribution in [-0.2, 0) is 0 Å². The number of carbonyl (C=O) groups is 1. The molecular weight excluding hydrogens is 366 g/mol. The number of ether oxygens (including phenoxy) is 1. The largest absolute Gasteiger partial charge is 0.497 e. The number of aromatic nitrogens is 1. The van der Waals surface area contributed by atoms with E-state index in [-0.39, 0.29) is 5.91 Å². The van der Waals surface area contributed by atoms with Crippen LogP contribution in [0.2, 0.25) is 0 Å². The van der Waals surface area contributed by atoms with E-state index in [0.717, 1.165) is 50.6 Å². The molecule has 0 unspecified atom stereocenters. The number of rotatable bonds is 8. The standard InChI is InChI=1S/C22H31N5O2/c1-25(2)12-4-10-24-22(28)21-17-19(9-11-23-21)27-15-13-26(14-16-27)18-5-7-20(29-3)8-6-18/h5-9,11,17H,4,10,12-16H2,1-3H3,(H,24,28). The maximum Gasteiger partial charge on any atom is 0.269 e. The van der Waals surface area contributed by atoms with Gasteiger partial charge in [0.2, 0.25) is 0 Å². The van der Waals surface area contributed by atoms with Crippen molar-refractivity contribution < 1.29 is 9.53 Å². The zero-order valence-electron chi connectivity index (χ0n) is 17.6. The number of anilines is 2. The highest BCUT2D eigenvalue weighted by atomic mass is 16.5. The summed E-state index contributed by atoms with van der Waals surface area (Å²) in [6, 6.07) is 12.1. The van der Waals surface area contributed by atoms with Crippen LogP contribution in [0.25, 0.3) is 0 Å². The Morgan fingerprint density at radius 1 is 1.07 bits per heavy atom. The van der Waals surface area contributed by atoms with Crippen LogP contribution >= 0.6 is 0 Å². The highest BCUT2D eigenvalue weighted by molar-refractivity contribution is 5.93. The number of piperazine rings is 1. The molecule has 1 aliphatic rings. The molecule has 0 aliphatic carbocycles. The molecule has 0 radical (unpaired) electrons. The first-order chi connectivity index (χ1) is 14.1. The number of methoxy groups -OCH3 is 1. The average Bonchev–Trinajstić information content (AvgIpc) is 2.77. The number of hydrogen-bond donors (Lipinski definition) is 1. The van der Waals surface area contributed by atoms with Gasteiger partial charge in [0.15, 0.2) is 0 Å². The minimum absolute atomic E-state index is 0.109. The maximum absolute atomic E-state index is 12.4. The molecule has 1 fully saturated rings. The van der Waals surface area contributed by atoms with Gasteiger partial charge in [-0.25, -0.2) is 0 Å². The Hall–Kier alpha value is -2.80. The van der Waals surface area contributed by atoms with E-state index in [9.17, 15) is 4.79 Å². The number of hydrogen-bond acceptors (Lipinski definition) is 6. The fourth-order valence-electron chi connectivity index (χ4n) is 3.44. The van der Waals surface area contributed by atoms with Gasteiger partial charge >= 0.3 is 0 Å². The lowest BCUT2D eigenvalue weighted by atomic mass is 10.2. The molecule has 1 aromatic carbocycles. The summed E-state index contributed by atoms with van der Waals surface area (Å²) in [5.74, 6) is 0.763. The summed E-state index contributed by atoms with van der Waals surface area (Å²) < 4.78 is 5.24. The molecule has 1 amide bonds. The van der Waals surface area contributed by atoms with Crippen LogP contribution in [0.15, 0.2) is 42.6 Å². The van der Waals surface area contributed by atoms with Gasteiger partial charge in [0, 0.05) is 50.3 Å². The summed E-state index contributed by atoms with van der Waals surface area (Å²) in [4.78, 5) is 23.4. The molecule has 2 aromatic rings. The van der Waals surface area contributed by atoms with Gasteiger partial charge < -0.3 is 24.8 Å². The van der Waals surface area contributed by atoms with Gasteiger partial charge in [-0.1, -0.05) is 0 Å². The van der Waals surface area contributed by atoms with Crippen LogP contribution in [0.4, 0.5) is 11.4 Å². The molecule has 7 heteroatoms. The lowest BCUT2D eigenvalue weighted by Gasteiger charge is -2.37. The number of nitrogens with one attached hydrogen (secondary N) is 1. The van der Waals surface area contributed by atoms with E-state index in [2.05, 4.69) is 37.1 Å². The number of nitrogens with zero attached hydrogens (tertiary/aromatic N) is 4. The number of benzene rings is 1. The summed E-state index contributed by atoms with van der Waals surface area (Å²) in [6.45, 7) is 5.27. The molecule has 1 saturated heterocycles.